The lowest BCUT2D eigenvalue weighted by atomic mass is 10.1. The fraction of sp³-hybridized carbons (Fsp3) is 0.278. The summed E-state index contributed by atoms with van der Waals surface area (Å²) in [7, 11) is 0. The Kier molecular flexibility index (Phi) is 5.14. The largest absolute Gasteiger partial charge is 0.489 e. The predicted molar refractivity (Wildman–Crippen MR) is 100 cm³/mol. The molecule has 25 heavy (non-hydrogen) atoms. The number of carbonyl (C=O) groups is 1. The van der Waals surface area contributed by atoms with E-state index in [2.05, 4.69) is 15.3 Å². The SMILES string of the molecule is CC(C)Oc1ccc(C(=O)O)cc1Nc1nc(C2=CN=CCC2)cs1. The predicted octanol–water partition coefficient (Wildman–Crippen LogP) is 4.58. The normalized spacial score (nSPS) is 13.6. The Balaban J connectivity index is 1.87. The van der Waals surface area contributed by atoms with E-state index in [1.54, 1.807) is 12.1 Å². The van der Waals surface area contributed by atoms with Gasteiger partial charge in [0.1, 0.15) is 5.75 Å². The zero-order chi connectivity index (χ0) is 17.8. The minimum atomic E-state index is -0.982. The Morgan fingerprint density at radius 2 is 2.24 bits per heavy atom. The zero-order valence-corrected chi connectivity index (χ0v) is 14.8. The third kappa shape index (κ3) is 4.24. The number of aromatic nitrogens is 1. The molecule has 0 bridgehead atoms. The average molecular weight is 357 g/mol. The number of rotatable bonds is 6. The van der Waals surface area contributed by atoms with Crippen LogP contribution in [0.5, 0.6) is 5.75 Å². The first kappa shape index (κ1) is 17.2. The summed E-state index contributed by atoms with van der Waals surface area (Å²) in [5.41, 5.74) is 2.78. The summed E-state index contributed by atoms with van der Waals surface area (Å²) in [5, 5.41) is 15.1. The van der Waals surface area contributed by atoms with Crippen LogP contribution in [0.25, 0.3) is 5.57 Å². The van der Waals surface area contributed by atoms with Crippen molar-refractivity contribution in [2.45, 2.75) is 32.8 Å². The van der Waals surface area contributed by atoms with Gasteiger partial charge in [-0.2, -0.15) is 0 Å². The highest BCUT2D eigenvalue weighted by atomic mass is 32.1. The third-order valence-electron chi connectivity index (χ3n) is 3.54. The highest BCUT2D eigenvalue weighted by Gasteiger charge is 2.14. The number of aromatic carboxylic acids is 1. The minimum absolute atomic E-state index is 0.0201. The molecule has 0 fully saturated rings. The van der Waals surface area contributed by atoms with Crippen LogP contribution in [-0.4, -0.2) is 28.4 Å². The number of thiazole rings is 1. The molecule has 0 radical (unpaired) electrons. The molecule has 1 aromatic carbocycles. The molecule has 6 nitrogen and oxygen atoms in total. The van der Waals surface area contributed by atoms with Gasteiger partial charge in [0.15, 0.2) is 5.13 Å². The number of aliphatic imine (C=N–C) groups is 1. The van der Waals surface area contributed by atoms with E-state index in [9.17, 15) is 9.90 Å². The van der Waals surface area contributed by atoms with E-state index in [0.29, 0.717) is 16.6 Å². The minimum Gasteiger partial charge on any atom is -0.489 e. The number of nitrogens with zero attached hydrogens (tertiary/aromatic N) is 2. The van der Waals surface area contributed by atoms with Crippen LogP contribution >= 0.6 is 11.3 Å². The lowest BCUT2D eigenvalue weighted by Gasteiger charge is -2.15. The topological polar surface area (TPSA) is 83.8 Å². The summed E-state index contributed by atoms with van der Waals surface area (Å²) in [5.74, 6) is -0.387. The molecule has 2 aromatic rings. The Hall–Kier alpha value is -2.67. The molecule has 0 atom stereocenters. The van der Waals surface area contributed by atoms with Gasteiger partial charge in [-0.05, 0) is 50.5 Å². The number of ether oxygens (including phenoxy) is 1. The summed E-state index contributed by atoms with van der Waals surface area (Å²) < 4.78 is 5.77. The fourth-order valence-corrected chi connectivity index (χ4v) is 3.15. The molecule has 1 aliphatic rings. The van der Waals surface area contributed by atoms with Gasteiger partial charge in [0.05, 0.1) is 23.0 Å². The van der Waals surface area contributed by atoms with Gasteiger partial charge in [-0.25, -0.2) is 9.78 Å². The second kappa shape index (κ2) is 7.48. The quantitative estimate of drug-likeness (QED) is 0.791. The van der Waals surface area contributed by atoms with Gasteiger partial charge in [0, 0.05) is 17.8 Å². The summed E-state index contributed by atoms with van der Waals surface area (Å²) in [6.45, 7) is 3.85. The van der Waals surface area contributed by atoms with Crippen molar-refractivity contribution in [2.75, 3.05) is 5.32 Å². The number of hydrogen-bond acceptors (Lipinski definition) is 6. The summed E-state index contributed by atoms with van der Waals surface area (Å²) >= 11 is 1.46. The van der Waals surface area contributed by atoms with Crippen molar-refractivity contribution in [3.63, 3.8) is 0 Å². The van der Waals surface area contributed by atoms with Gasteiger partial charge in [-0.3, -0.25) is 4.99 Å². The average Bonchev–Trinajstić information content (AvgIpc) is 3.05. The fourth-order valence-electron chi connectivity index (χ4n) is 2.41. The van der Waals surface area contributed by atoms with E-state index in [1.807, 2.05) is 31.6 Å². The Labute approximate surface area is 149 Å². The van der Waals surface area contributed by atoms with Gasteiger partial charge in [-0.1, -0.05) is 0 Å². The monoisotopic (exact) mass is 357 g/mol. The van der Waals surface area contributed by atoms with Crippen molar-refractivity contribution in [2.24, 2.45) is 4.99 Å². The van der Waals surface area contributed by atoms with Crippen LogP contribution in [0.4, 0.5) is 10.8 Å². The Morgan fingerprint density at radius 1 is 1.40 bits per heavy atom. The molecule has 0 saturated carbocycles. The lowest BCUT2D eigenvalue weighted by Crippen LogP contribution is -2.08. The lowest BCUT2D eigenvalue weighted by molar-refractivity contribution is 0.0697. The van der Waals surface area contributed by atoms with Crippen LogP contribution in [0.3, 0.4) is 0 Å². The number of allylic oxidation sites excluding steroid dienone is 1. The first-order valence-corrected chi connectivity index (χ1v) is 8.88. The molecule has 7 heteroatoms. The molecule has 2 N–H and O–H groups in total. The number of anilines is 2. The highest BCUT2D eigenvalue weighted by molar-refractivity contribution is 7.13. The molecular formula is C18H19N3O3S. The van der Waals surface area contributed by atoms with Crippen LogP contribution in [0.15, 0.2) is 34.8 Å². The van der Waals surface area contributed by atoms with Crippen LogP contribution in [0.2, 0.25) is 0 Å². The third-order valence-corrected chi connectivity index (χ3v) is 4.30. The maximum atomic E-state index is 11.2. The van der Waals surface area contributed by atoms with E-state index < -0.39 is 5.97 Å². The number of carboxylic acids is 1. The molecule has 130 valence electrons. The number of carboxylic acid groups (broad SMARTS) is 1. The molecule has 0 unspecified atom stereocenters. The first-order chi connectivity index (χ1) is 12.0. The van der Waals surface area contributed by atoms with Gasteiger partial charge in [0.2, 0.25) is 0 Å². The highest BCUT2D eigenvalue weighted by Crippen LogP contribution is 2.33. The molecule has 0 amide bonds. The van der Waals surface area contributed by atoms with Gasteiger partial charge in [-0.15, -0.1) is 11.3 Å². The van der Waals surface area contributed by atoms with Gasteiger partial charge >= 0.3 is 5.97 Å². The molecule has 2 heterocycles. The molecule has 3 rings (SSSR count). The van der Waals surface area contributed by atoms with Gasteiger partial charge in [0.25, 0.3) is 0 Å². The van der Waals surface area contributed by atoms with Crippen LogP contribution in [0.1, 0.15) is 42.7 Å². The smallest absolute Gasteiger partial charge is 0.335 e. The molecule has 0 spiro atoms. The van der Waals surface area contributed by atoms with Crippen LogP contribution in [-0.2, 0) is 0 Å². The van der Waals surface area contributed by atoms with E-state index in [1.165, 1.54) is 17.4 Å². The van der Waals surface area contributed by atoms with Crippen molar-refractivity contribution < 1.29 is 14.6 Å². The van der Waals surface area contributed by atoms with Crippen LogP contribution in [0, 0.1) is 0 Å². The maximum Gasteiger partial charge on any atom is 0.335 e. The Bertz CT molecular complexity index is 840. The van der Waals surface area contributed by atoms with Crippen molar-refractivity contribution >= 4 is 39.9 Å². The number of nitrogens with one attached hydrogen (secondary N) is 1. The van der Waals surface area contributed by atoms with Crippen LogP contribution < -0.4 is 10.1 Å². The maximum absolute atomic E-state index is 11.2. The number of hydrogen-bond donors (Lipinski definition) is 2. The zero-order valence-electron chi connectivity index (χ0n) is 14.0. The molecule has 0 saturated heterocycles. The standard InChI is InChI=1S/C18H19N3O3S/c1-11(2)24-16-6-5-12(17(22)23)8-14(16)20-18-21-15(10-25-18)13-4-3-7-19-9-13/h5-11H,3-4H2,1-2H3,(H,20,21)(H,22,23). The van der Waals surface area contributed by atoms with E-state index in [4.69, 9.17) is 4.74 Å². The molecule has 1 aliphatic heterocycles. The molecule has 0 aliphatic carbocycles. The van der Waals surface area contributed by atoms with Gasteiger partial charge < -0.3 is 15.2 Å². The van der Waals surface area contributed by atoms with Crippen molar-refractivity contribution in [1.82, 2.24) is 4.98 Å². The summed E-state index contributed by atoms with van der Waals surface area (Å²) in [6, 6.07) is 4.76. The van der Waals surface area contributed by atoms with E-state index in [0.717, 1.165) is 24.1 Å². The molecular weight excluding hydrogens is 338 g/mol. The second-order valence-electron chi connectivity index (χ2n) is 5.87. The Morgan fingerprint density at radius 3 is 2.92 bits per heavy atom. The van der Waals surface area contributed by atoms with Crippen molar-refractivity contribution in [3.8, 4) is 5.75 Å². The summed E-state index contributed by atoms with van der Waals surface area (Å²) in [4.78, 5) is 20.0. The van der Waals surface area contributed by atoms with Crippen molar-refractivity contribution in [3.05, 3.63) is 41.0 Å². The van der Waals surface area contributed by atoms with E-state index in [-0.39, 0.29) is 11.7 Å². The molecule has 1 aromatic heterocycles. The van der Waals surface area contributed by atoms with E-state index >= 15 is 0 Å². The second-order valence-corrected chi connectivity index (χ2v) is 6.73. The van der Waals surface area contributed by atoms with Crippen molar-refractivity contribution in [1.29, 1.82) is 0 Å². The summed E-state index contributed by atoms with van der Waals surface area (Å²) in [6.07, 6.45) is 5.54. The number of benzene rings is 1. The first-order valence-electron chi connectivity index (χ1n) is 8.00.